The molecule has 3 unspecified atom stereocenters. The monoisotopic (exact) mass is 460 g/mol. The maximum Gasteiger partial charge on any atom is 0.251 e. The number of methoxy groups -OCH3 is 1. The van der Waals surface area contributed by atoms with Gasteiger partial charge in [-0.05, 0) is 56.2 Å². The smallest absolute Gasteiger partial charge is 0.251 e. The lowest BCUT2D eigenvalue weighted by Gasteiger charge is -2.28. The number of carbonyl (C=O) groups is 1. The summed E-state index contributed by atoms with van der Waals surface area (Å²) >= 11 is 0. The summed E-state index contributed by atoms with van der Waals surface area (Å²) in [4.78, 5) is 12.9. The standard InChI is InChI=1S/C24H32N2O7/c1-3-31-16-32-15-18(13-24(23(28)26-29)14-21(24)30-2)25-22(27)17-9-11-20(12-10-17)33-19-7-5-4-6-8-19/h4-12,18,21,23,26,28-29H,3,13-16H2,1-2H3,(H,25,27)/t18-,21?,23?,24?/m0/s1. The summed E-state index contributed by atoms with van der Waals surface area (Å²) in [5.41, 5.74) is 1.63. The minimum atomic E-state index is -1.19. The second kappa shape index (κ2) is 12.1. The molecule has 3 rings (SSSR count). The van der Waals surface area contributed by atoms with Crippen molar-refractivity contribution in [1.29, 1.82) is 0 Å². The Hall–Kier alpha value is -2.53. The minimum absolute atomic E-state index is 0.0932. The van der Waals surface area contributed by atoms with Crippen LogP contribution >= 0.6 is 0 Å². The SMILES string of the molecule is CCOCOC[C@H](CC1(C(O)NO)CC1OC)NC(=O)c1ccc(Oc2ccccc2)cc1. The van der Waals surface area contributed by atoms with E-state index in [9.17, 15) is 15.1 Å². The third-order valence-electron chi connectivity index (χ3n) is 5.74. The molecule has 2 aromatic rings. The number of benzene rings is 2. The van der Waals surface area contributed by atoms with Gasteiger partial charge in [-0.15, -0.1) is 0 Å². The summed E-state index contributed by atoms with van der Waals surface area (Å²) in [7, 11) is 1.55. The van der Waals surface area contributed by atoms with Gasteiger partial charge in [-0.3, -0.25) is 4.79 Å². The molecule has 0 aromatic heterocycles. The van der Waals surface area contributed by atoms with Crippen molar-refractivity contribution in [2.45, 2.75) is 38.1 Å². The Morgan fingerprint density at radius 3 is 2.42 bits per heavy atom. The molecule has 0 bridgehead atoms. The molecule has 9 heteroatoms. The van der Waals surface area contributed by atoms with Crippen LogP contribution in [0.1, 0.15) is 30.1 Å². The largest absolute Gasteiger partial charge is 0.457 e. The van der Waals surface area contributed by atoms with Crippen molar-refractivity contribution in [1.82, 2.24) is 10.8 Å². The molecule has 4 N–H and O–H groups in total. The number of aliphatic hydroxyl groups is 1. The summed E-state index contributed by atoms with van der Waals surface area (Å²) in [6, 6.07) is 15.8. The molecule has 1 amide bonds. The molecule has 1 fully saturated rings. The first kappa shape index (κ1) is 25.1. The summed E-state index contributed by atoms with van der Waals surface area (Å²) in [5, 5.41) is 22.5. The molecule has 0 radical (unpaired) electrons. The van der Waals surface area contributed by atoms with Gasteiger partial charge < -0.3 is 34.6 Å². The molecule has 1 saturated carbocycles. The molecule has 0 spiro atoms. The van der Waals surface area contributed by atoms with Gasteiger partial charge >= 0.3 is 0 Å². The van der Waals surface area contributed by atoms with E-state index in [4.69, 9.17) is 18.9 Å². The van der Waals surface area contributed by atoms with Crippen LogP contribution in [0.4, 0.5) is 0 Å². The van der Waals surface area contributed by atoms with Crippen LogP contribution in [-0.2, 0) is 14.2 Å². The molecule has 9 nitrogen and oxygen atoms in total. The lowest BCUT2D eigenvalue weighted by molar-refractivity contribution is -0.0779. The van der Waals surface area contributed by atoms with Crippen LogP contribution < -0.4 is 15.5 Å². The molecule has 0 saturated heterocycles. The molecular formula is C24H32N2O7. The quantitative estimate of drug-likeness (QED) is 0.193. The van der Waals surface area contributed by atoms with E-state index in [0.717, 1.165) is 0 Å². The Bertz CT molecular complexity index is 865. The maximum absolute atomic E-state index is 12.9. The van der Waals surface area contributed by atoms with E-state index in [0.29, 0.717) is 36.5 Å². The molecule has 0 heterocycles. The molecule has 180 valence electrons. The summed E-state index contributed by atoms with van der Waals surface area (Å²) in [5.74, 6) is 1.04. The van der Waals surface area contributed by atoms with Crippen molar-refractivity contribution in [3.05, 3.63) is 60.2 Å². The van der Waals surface area contributed by atoms with Crippen LogP contribution in [0.3, 0.4) is 0 Å². The average molecular weight is 461 g/mol. The van der Waals surface area contributed by atoms with E-state index < -0.39 is 17.7 Å². The van der Waals surface area contributed by atoms with Crippen LogP contribution in [0, 0.1) is 5.41 Å². The number of aliphatic hydroxyl groups excluding tert-OH is 1. The van der Waals surface area contributed by atoms with Gasteiger partial charge in [0.25, 0.3) is 5.91 Å². The van der Waals surface area contributed by atoms with Crippen LogP contribution in [0.2, 0.25) is 0 Å². The van der Waals surface area contributed by atoms with Gasteiger partial charge in [-0.1, -0.05) is 18.2 Å². The normalized spacial score (nSPS) is 21.3. The Morgan fingerprint density at radius 1 is 1.12 bits per heavy atom. The van der Waals surface area contributed by atoms with Crippen molar-refractivity contribution >= 4 is 5.91 Å². The first-order chi connectivity index (χ1) is 16.0. The molecule has 1 aliphatic rings. The van der Waals surface area contributed by atoms with E-state index in [2.05, 4.69) is 5.32 Å². The fraction of sp³-hybridized carbons (Fsp3) is 0.458. The molecule has 2 aromatic carbocycles. The van der Waals surface area contributed by atoms with E-state index in [1.165, 1.54) is 0 Å². The molecule has 33 heavy (non-hydrogen) atoms. The van der Waals surface area contributed by atoms with Gasteiger partial charge in [0.15, 0.2) is 0 Å². The molecule has 0 aliphatic heterocycles. The predicted octanol–water partition coefficient (Wildman–Crippen LogP) is 2.68. The summed E-state index contributed by atoms with van der Waals surface area (Å²) in [6.07, 6.45) is -0.550. The number of hydrogen-bond donors (Lipinski definition) is 4. The fourth-order valence-electron chi connectivity index (χ4n) is 3.86. The number of amides is 1. The second-order valence-corrected chi connectivity index (χ2v) is 7.99. The van der Waals surface area contributed by atoms with E-state index >= 15 is 0 Å². The highest BCUT2D eigenvalue weighted by molar-refractivity contribution is 5.94. The number of para-hydroxylation sites is 1. The third-order valence-corrected chi connectivity index (χ3v) is 5.74. The van der Waals surface area contributed by atoms with Crippen LogP contribution in [-0.4, -0.2) is 61.7 Å². The highest BCUT2D eigenvalue weighted by Gasteiger charge is 2.60. The first-order valence-corrected chi connectivity index (χ1v) is 10.9. The third kappa shape index (κ3) is 6.73. The number of nitrogens with one attached hydrogen (secondary N) is 2. The van der Waals surface area contributed by atoms with Crippen molar-refractivity contribution in [2.75, 3.05) is 27.1 Å². The Kier molecular flexibility index (Phi) is 9.19. The van der Waals surface area contributed by atoms with E-state index in [1.807, 2.05) is 42.7 Å². The number of hydroxylamine groups is 1. The topological polar surface area (TPSA) is 119 Å². The molecule has 1 aliphatic carbocycles. The predicted molar refractivity (Wildman–Crippen MR) is 120 cm³/mol. The number of ether oxygens (including phenoxy) is 4. The van der Waals surface area contributed by atoms with Crippen LogP contribution in [0.25, 0.3) is 0 Å². The molecular weight excluding hydrogens is 428 g/mol. The first-order valence-electron chi connectivity index (χ1n) is 10.9. The summed E-state index contributed by atoms with van der Waals surface area (Å²) in [6.45, 7) is 2.64. The van der Waals surface area contributed by atoms with Crippen LogP contribution in [0.5, 0.6) is 11.5 Å². The van der Waals surface area contributed by atoms with Crippen molar-refractivity contribution in [2.24, 2.45) is 5.41 Å². The zero-order valence-corrected chi connectivity index (χ0v) is 18.9. The second-order valence-electron chi connectivity index (χ2n) is 7.99. The highest BCUT2D eigenvalue weighted by atomic mass is 16.7. The van der Waals surface area contributed by atoms with Gasteiger partial charge in [-0.2, -0.15) is 5.48 Å². The average Bonchev–Trinajstić information content (AvgIpc) is 3.56. The van der Waals surface area contributed by atoms with Crippen LogP contribution in [0.15, 0.2) is 54.6 Å². The van der Waals surface area contributed by atoms with Crippen molar-refractivity contribution in [3.63, 3.8) is 0 Å². The lowest BCUT2D eigenvalue weighted by atomic mass is 9.94. The summed E-state index contributed by atoms with van der Waals surface area (Å²) < 4.78 is 21.9. The van der Waals surface area contributed by atoms with Crippen molar-refractivity contribution < 1.29 is 34.1 Å². The van der Waals surface area contributed by atoms with Gasteiger partial charge in [-0.25, -0.2) is 0 Å². The van der Waals surface area contributed by atoms with Gasteiger partial charge in [0.1, 0.15) is 24.5 Å². The maximum atomic E-state index is 12.9. The Balaban J connectivity index is 1.64. The van der Waals surface area contributed by atoms with Crippen molar-refractivity contribution in [3.8, 4) is 11.5 Å². The van der Waals surface area contributed by atoms with Gasteiger partial charge in [0, 0.05) is 24.7 Å². The highest BCUT2D eigenvalue weighted by Crippen LogP contribution is 2.53. The number of hydrogen-bond acceptors (Lipinski definition) is 8. The zero-order valence-electron chi connectivity index (χ0n) is 18.9. The number of rotatable bonds is 14. The lowest BCUT2D eigenvalue weighted by Crippen LogP contribution is -2.46. The Labute approximate surface area is 193 Å². The minimum Gasteiger partial charge on any atom is -0.457 e. The number of carbonyl (C=O) groups excluding carboxylic acids is 1. The van der Waals surface area contributed by atoms with Gasteiger partial charge in [0.2, 0.25) is 0 Å². The van der Waals surface area contributed by atoms with Gasteiger partial charge in [0.05, 0.1) is 18.8 Å². The zero-order chi connectivity index (χ0) is 23.7. The fourth-order valence-corrected chi connectivity index (χ4v) is 3.86. The Morgan fingerprint density at radius 2 is 1.82 bits per heavy atom. The molecule has 4 atom stereocenters. The van der Waals surface area contributed by atoms with E-state index in [1.54, 1.807) is 31.4 Å². The van der Waals surface area contributed by atoms with E-state index in [-0.39, 0.29) is 25.4 Å².